The van der Waals surface area contributed by atoms with Gasteiger partial charge in [0.1, 0.15) is 11.7 Å². The topological polar surface area (TPSA) is 85.0 Å². The van der Waals surface area contributed by atoms with Crippen molar-refractivity contribution in [1.82, 2.24) is 24.5 Å². The van der Waals surface area contributed by atoms with Gasteiger partial charge < -0.3 is 10.2 Å². The molecule has 0 aromatic carbocycles. The maximum atomic E-state index is 12.9. The van der Waals surface area contributed by atoms with E-state index in [1.165, 1.54) is 10.9 Å². The third-order valence-corrected chi connectivity index (χ3v) is 5.57. The number of piperidine rings is 1. The Bertz CT molecular complexity index is 866. The Morgan fingerprint density at radius 1 is 1.22 bits per heavy atom. The molecule has 2 amide bonds. The molecule has 1 fully saturated rings. The highest BCUT2D eigenvalue weighted by molar-refractivity contribution is 6.31. The van der Waals surface area contributed by atoms with Crippen LogP contribution in [0, 0.1) is 13.8 Å². The molecule has 1 aliphatic heterocycles. The second-order valence-electron chi connectivity index (χ2n) is 6.98. The van der Waals surface area contributed by atoms with Crippen LogP contribution >= 0.6 is 11.6 Å². The van der Waals surface area contributed by atoms with Crippen molar-refractivity contribution in [1.29, 1.82) is 0 Å². The van der Waals surface area contributed by atoms with Gasteiger partial charge in [-0.25, -0.2) is 0 Å². The Balaban J connectivity index is 1.80. The highest BCUT2D eigenvalue weighted by Crippen LogP contribution is 2.24. The molecular weight excluding hydrogens is 368 g/mol. The first kappa shape index (κ1) is 19.4. The number of carbonyl (C=O) groups is 2. The molecule has 0 radical (unpaired) electrons. The molecule has 27 heavy (non-hydrogen) atoms. The summed E-state index contributed by atoms with van der Waals surface area (Å²) in [5.41, 5.74) is 2.21. The van der Waals surface area contributed by atoms with Gasteiger partial charge in [-0.3, -0.25) is 19.0 Å². The third kappa shape index (κ3) is 3.71. The van der Waals surface area contributed by atoms with Crippen molar-refractivity contribution >= 4 is 29.1 Å². The van der Waals surface area contributed by atoms with Gasteiger partial charge in [0.2, 0.25) is 5.91 Å². The summed E-state index contributed by atoms with van der Waals surface area (Å²) in [6.07, 6.45) is 4.65. The van der Waals surface area contributed by atoms with Crippen molar-refractivity contribution in [3.8, 4) is 0 Å². The van der Waals surface area contributed by atoms with E-state index in [0.717, 1.165) is 38.0 Å². The molecule has 1 unspecified atom stereocenters. The predicted molar refractivity (Wildman–Crippen MR) is 103 cm³/mol. The summed E-state index contributed by atoms with van der Waals surface area (Å²) in [7, 11) is 1.71. The molecule has 3 heterocycles. The molecule has 0 spiro atoms. The van der Waals surface area contributed by atoms with Gasteiger partial charge in [-0.15, -0.1) is 0 Å². The van der Waals surface area contributed by atoms with Crippen LogP contribution in [0.4, 0.5) is 5.69 Å². The molecule has 1 aliphatic rings. The SMILES string of the molecule is Cc1nn(C(C)C(=O)Nc2cnn(C)c2C(=O)N2CCCCC2)c(C)c1Cl. The maximum absolute atomic E-state index is 12.9. The van der Waals surface area contributed by atoms with Crippen LogP contribution in [0.3, 0.4) is 0 Å². The van der Waals surface area contributed by atoms with Gasteiger partial charge in [-0.2, -0.15) is 10.2 Å². The second-order valence-corrected chi connectivity index (χ2v) is 7.36. The monoisotopic (exact) mass is 392 g/mol. The van der Waals surface area contributed by atoms with E-state index < -0.39 is 6.04 Å². The number of hydrogen-bond acceptors (Lipinski definition) is 4. The van der Waals surface area contributed by atoms with Crippen LogP contribution in [0.2, 0.25) is 5.02 Å². The molecule has 8 nitrogen and oxygen atoms in total. The van der Waals surface area contributed by atoms with Crippen LogP contribution in [-0.4, -0.2) is 49.4 Å². The van der Waals surface area contributed by atoms with E-state index in [-0.39, 0.29) is 11.8 Å². The molecule has 2 aromatic rings. The lowest BCUT2D eigenvalue weighted by Crippen LogP contribution is -2.37. The summed E-state index contributed by atoms with van der Waals surface area (Å²) in [5, 5.41) is 11.9. The quantitative estimate of drug-likeness (QED) is 0.866. The standard InChI is InChI=1S/C18H25ClN6O2/c1-11-15(19)12(2)25(22-11)13(3)17(26)21-14-10-20-23(4)16(14)18(27)24-8-6-5-7-9-24/h10,13H,5-9H2,1-4H3,(H,21,26). The smallest absolute Gasteiger partial charge is 0.274 e. The fraction of sp³-hybridized carbons (Fsp3) is 0.556. The fourth-order valence-electron chi connectivity index (χ4n) is 3.40. The average Bonchev–Trinajstić information content (AvgIpc) is 3.15. The number of halogens is 1. The number of amides is 2. The number of rotatable bonds is 4. The number of aromatic nitrogens is 4. The van der Waals surface area contributed by atoms with Crippen molar-refractivity contribution in [3.05, 3.63) is 28.3 Å². The Labute approximate surface area is 163 Å². The summed E-state index contributed by atoms with van der Waals surface area (Å²) >= 11 is 6.18. The minimum Gasteiger partial charge on any atom is -0.337 e. The predicted octanol–water partition coefficient (Wildman–Crippen LogP) is 2.71. The first-order valence-corrected chi connectivity index (χ1v) is 9.52. The Hall–Kier alpha value is -2.35. The number of anilines is 1. The van der Waals surface area contributed by atoms with E-state index >= 15 is 0 Å². The van der Waals surface area contributed by atoms with Crippen molar-refractivity contribution in [2.45, 2.75) is 46.1 Å². The van der Waals surface area contributed by atoms with E-state index in [2.05, 4.69) is 15.5 Å². The Morgan fingerprint density at radius 2 is 1.89 bits per heavy atom. The van der Waals surface area contributed by atoms with Gasteiger partial charge >= 0.3 is 0 Å². The second kappa shape index (κ2) is 7.72. The van der Waals surface area contributed by atoms with Gasteiger partial charge in [0, 0.05) is 20.1 Å². The minimum absolute atomic E-state index is 0.105. The van der Waals surface area contributed by atoms with Crippen molar-refractivity contribution in [2.24, 2.45) is 7.05 Å². The maximum Gasteiger partial charge on any atom is 0.274 e. The zero-order chi connectivity index (χ0) is 19.7. The van der Waals surface area contributed by atoms with E-state index in [1.807, 2.05) is 11.8 Å². The van der Waals surface area contributed by atoms with Crippen LogP contribution in [0.1, 0.15) is 54.1 Å². The first-order valence-electron chi connectivity index (χ1n) is 9.14. The summed E-state index contributed by atoms with van der Waals surface area (Å²) < 4.78 is 3.10. The Morgan fingerprint density at radius 3 is 2.48 bits per heavy atom. The van der Waals surface area contributed by atoms with Crippen molar-refractivity contribution in [2.75, 3.05) is 18.4 Å². The van der Waals surface area contributed by atoms with Crippen molar-refractivity contribution in [3.63, 3.8) is 0 Å². The minimum atomic E-state index is -0.575. The molecular formula is C18H25ClN6O2. The van der Waals surface area contributed by atoms with Gasteiger partial charge in [0.05, 0.1) is 28.3 Å². The summed E-state index contributed by atoms with van der Waals surface area (Å²) in [5.74, 6) is -0.384. The molecule has 146 valence electrons. The molecule has 1 saturated heterocycles. The van der Waals surface area contributed by atoms with Crippen molar-refractivity contribution < 1.29 is 9.59 Å². The average molecular weight is 393 g/mol. The number of nitrogens with one attached hydrogen (secondary N) is 1. The molecule has 1 N–H and O–H groups in total. The number of hydrogen-bond donors (Lipinski definition) is 1. The van der Waals surface area contributed by atoms with Crippen LogP contribution in [-0.2, 0) is 11.8 Å². The van der Waals surface area contributed by atoms with E-state index in [4.69, 9.17) is 11.6 Å². The normalized spacial score (nSPS) is 15.7. The van der Waals surface area contributed by atoms with Crippen LogP contribution in [0.25, 0.3) is 0 Å². The number of nitrogens with zero attached hydrogens (tertiary/aromatic N) is 5. The number of likely N-dealkylation sites (tertiary alicyclic amines) is 1. The summed E-state index contributed by atoms with van der Waals surface area (Å²) in [4.78, 5) is 27.5. The first-order chi connectivity index (χ1) is 12.8. The molecule has 0 saturated carbocycles. The highest BCUT2D eigenvalue weighted by atomic mass is 35.5. The van der Waals surface area contributed by atoms with E-state index in [1.54, 1.807) is 25.6 Å². The zero-order valence-electron chi connectivity index (χ0n) is 16.1. The van der Waals surface area contributed by atoms with E-state index in [0.29, 0.717) is 22.1 Å². The third-order valence-electron chi connectivity index (χ3n) is 5.03. The summed E-state index contributed by atoms with van der Waals surface area (Å²) in [6, 6.07) is -0.575. The lowest BCUT2D eigenvalue weighted by molar-refractivity contribution is -0.119. The fourth-order valence-corrected chi connectivity index (χ4v) is 3.52. The zero-order valence-corrected chi connectivity index (χ0v) is 16.9. The Kier molecular flexibility index (Phi) is 5.55. The lowest BCUT2D eigenvalue weighted by Gasteiger charge is -2.27. The van der Waals surface area contributed by atoms with Crippen LogP contribution < -0.4 is 5.32 Å². The van der Waals surface area contributed by atoms with E-state index in [9.17, 15) is 9.59 Å². The largest absolute Gasteiger partial charge is 0.337 e. The number of carbonyl (C=O) groups excluding carboxylic acids is 2. The molecule has 0 bridgehead atoms. The highest BCUT2D eigenvalue weighted by Gasteiger charge is 2.27. The van der Waals surface area contributed by atoms with Gasteiger partial charge in [0.25, 0.3) is 5.91 Å². The molecule has 3 rings (SSSR count). The lowest BCUT2D eigenvalue weighted by atomic mass is 10.1. The number of aryl methyl sites for hydroxylation is 2. The molecule has 0 aliphatic carbocycles. The molecule has 9 heteroatoms. The molecule has 2 aromatic heterocycles. The van der Waals surface area contributed by atoms with Crippen LogP contribution in [0.5, 0.6) is 0 Å². The van der Waals surface area contributed by atoms with Gasteiger partial charge in [-0.1, -0.05) is 11.6 Å². The summed E-state index contributed by atoms with van der Waals surface area (Å²) in [6.45, 7) is 6.83. The van der Waals surface area contributed by atoms with Gasteiger partial charge in [-0.05, 0) is 40.0 Å². The van der Waals surface area contributed by atoms with Gasteiger partial charge in [0.15, 0.2) is 0 Å². The molecule has 1 atom stereocenters. The van der Waals surface area contributed by atoms with Crippen LogP contribution in [0.15, 0.2) is 6.20 Å².